The number of carbonyl (C=O) groups excluding carboxylic acids is 3. The van der Waals surface area contributed by atoms with E-state index in [4.69, 9.17) is 4.74 Å². The van der Waals surface area contributed by atoms with Gasteiger partial charge in [0.05, 0.1) is 0 Å². The molecule has 7 nitrogen and oxygen atoms in total. The number of rotatable bonds is 11. The van der Waals surface area contributed by atoms with Crippen LogP contribution in [0.4, 0.5) is 4.79 Å². The minimum atomic E-state index is -0.972. The third-order valence-corrected chi connectivity index (χ3v) is 5.38. The lowest BCUT2D eigenvalue weighted by Gasteiger charge is -2.33. The molecule has 184 valence electrons. The number of carbonyl (C=O) groups is 3. The molecule has 2 N–H and O–H groups in total. The summed E-state index contributed by atoms with van der Waals surface area (Å²) < 4.78 is 5.29. The summed E-state index contributed by atoms with van der Waals surface area (Å²) in [5.74, 6) is -0.676. The molecule has 0 fully saturated rings. The van der Waals surface area contributed by atoms with Crippen molar-refractivity contribution in [2.24, 2.45) is 0 Å². The Hall–Kier alpha value is -2.48. The number of benzene rings is 1. The number of hydrogen-bond acceptors (Lipinski definition) is 5. The summed E-state index contributed by atoms with van der Waals surface area (Å²) in [5.41, 5.74) is 2.08. The van der Waals surface area contributed by atoms with Crippen LogP contribution in [0.2, 0.25) is 0 Å². The zero-order valence-corrected chi connectivity index (χ0v) is 21.6. The van der Waals surface area contributed by atoms with Crippen LogP contribution < -0.4 is 10.6 Å². The highest BCUT2D eigenvalue weighted by molar-refractivity contribution is 7.80. The van der Waals surface area contributed by atoms with Crippen molar-refractivity contribution in [2.75, 3.05) is 18.8 Å². The van der Waals surface area contributed by atoms with Crippen molar-refractivity contribution >= 4 is 30.5 Å². The van der Waals surface area contributed by atoms with Crippen LogP contribution in [-0.4, -0.2) is 53.3 Å². The minimum absolute atomic E-state index is 0.0445. The standard InChI is InChI=1S/C25H39N3O4S/c1-8-10-13-26-22(29)21(19-12-11-17(3)18(4)15-19)28(14-9-2)23(30)20(16-33)27-24(31)32-25(5,6)7/h9,11-12,15,20-21,33H,2,8,10,13-14,16H2,1,3-7H3,(H,26,29)(H,27,31). The lowest BCUT2D eigenvalue weighted by molar-refractivity contribution is -0.141. The van der Waals surface area contributed by atoms with Crippen LogP contribution in [0.3, 0.4) is 0 Å². The summed E-state index contributed by atoms with van der Waals surface area (Å²) in [6, 6.07) is 3.85. The van der Waals surface area contributed by atoms with Crippen molar-refractivity contribution in [2.45, 2.75) is 72.1 Å². The van der Waals surface area contributed by atoms with E-state index in [9.17, 15) is 14.4 Å². The third-order valence-electron chi connectivity index (χ3n) is 5.02. The first-order valence-corrected chi connectivity index (χ1v) is 11.9. The van der Waals surface area contributed by atoms with E-state index in [1.807, 2.05) is 39.0 Å². The zero-order chi connectivity index (χ0) is 25.2. The summed E-state index contributed by atoms with van der Waals surface area (Å²) >= 11 is 4.27. The molecular weight excluding hydrogens is 438 g/mol. The highest BCUT2D eigenvalue weighted by atomic mass is 32.1. The van der Waals surface area contributed by atoms with E-state index >= 15 is 0 Å². The lowest BCUT2D eigenvalue weighted by atomic mass is 9.98. The smallest absolute Gasteiger partial charge is 0.408 e. The number of nitrogens with zero attached hydrogens (tertiary/aromatic N) is 1. The fraction of sp³-hybridized carbons (Fsp3) is 0.560. The fourth-order valence-corrected chi connectivity index (χ4v) is 3.44. The van der Waals surface area contributed by atoms with Gasteiger partial charge in [-0.2, -0.15) is 12.6 Å². The number of ether oxygens (including phenoxy) is 1. The molecule has 2 atom stereocenters. The maximum Gasteiger partial charge on any atom is 0.408 e. The van der Waals surface area contributed by atoms with E-state index in [0.29, 0.717) is 12.1 Å². The minimum Gasteiger partial charge on any atom is -0.444 e. The maximum absolute atomic E-state index is 13.5. The SMILES string of the molecule is C=CCN(C(=O)C(CS)NC(=O)OC(C)(C)C)C(C(=O)NCCCC)c1ccc(C)c(C)c1. The number of unbranched alkanes of at least 4 members (excludes halogenated alkanes) is 1. The van der Waals surface area contributed by atoms with Crippen molar-refractivity contribution in [1.82, 2.24) is 15.5 Å². The van der Waals surface area contributed by atoms with E-state index in [1.165, 1.54) is 4.90 Å². The van der Waals surface area contributed by atoms with Gasteiger partial charge in [-0.25, -0.2) is 4.79 Å². The summed E-state index contributed by atoms with van der Waals surface area (Å²) in [6.45, 7) is 15.6. The largest absolute Gasteiger partial charge is 0.444 e. The molecule has 2 unspecified atom stereocenters. The summed E-state index contributed by atoms with van der Waals surface area (Å²) in [7, 11) is 0. The van der Waals surface area contributed by atoms with Crippen LogP contribution in [0.5, 0.6) is 0 Å². The van der Waals surface area contributed by atoms with E-state index < -0.39 is 29.7 Å². The summed E-state index contributed by atoms with van der Waals surface area (Å²) in [4.78, 5) is 40.6. The van der Waals surface area contributed by atoms with E-state index in [0.717, 1.165) is 24.0 Å². The Morgan fingerprint density at radius 3 is 2.39 bits per heavy atom. The Kier molecular flexibility index (Phi) is 11.5. The molecule has 0 saturated heterocycles. The van der Waals surface area contributed by atoms with Gasteiger partial charge in [0, 0.05) is 18.8 Å². The number of amides is 3. The Morgan fingerprint density at radius 2 is 1.88 bits per heavy atom. The number of nitrogens with one attached hydrogen (secondary N) is 2. The van der Waals surface area contributed by atoms with Crippen molar-refractivity contribution in [3.63, 3.8) is 0 Å². The zero-order valence-electron chi connectivity index (χ0n) is 20.7. The monoisotopic (exact) mass is 477 g/mol. The van der Waals surface area contributed by atoms with Gasteiger partial charge in [0.1, 0.15) is 17.7 Å². The molecule has 8 heteroatoms. The van der Waals surface area contributed by atoms with E-state index in [-0.39, 0.29) is 18.2 Å². The fourth-order valence-electron chi connectivity index (χ4n) is 3.19. The topological polar surface area (TPSA) is 87.7 Å². The van der Waals surface area contributed by atoms with Crippen LogP contribution in [0.25, 0.3) is 0 Å². The highest BCUT2D eigenvalue weighted by Gasteiger charge is 2.35. The average molecular weight is 478 g/mol. The van der Waals surface area contributed by atoms with Gasteiger partial charge < -0.3 is 20.3 Å². The molecule has 0 aromatic heterocycles. The van der Waals surface area contributed by atoms with Gasteiger partial charge in [0.2, 0.25) is 11.8 Å². The van der Waals surface area contributed by atoms with Crippen molar-refractivity contribution < 1.29 is 19.1 Å². The molecule has 0 saturated carbocycles. The number of alkyl carbamates (subject to hydrolysis) is 1. The Labute approximate surface area is 203 Å². The van der Waals surface area contributed by atoms with Gasteiger partial charge in [0.25, 0.3) is 0 Å². The molecule has 1 aromatic carbocycles. The second kappa shape index (κ2) is 13.3. The summed E-state index contributed by atoms with van der Waals surface area (Å²) in [6.07, 6.45) is 2.61. The molecule has 1 aromatic rings. The molecule has 0 radical (unpaired) electrons. The quantitative estimate of drug-likeness (QED) is 0.254. The highest BCUT2D eigenvalue weighted by Crippen LogP contribution is 2.25. The van der Waals surface area contributed by atoms with Gasteiger partial charge >= 0.3 is 6.09 Å². The molecule has 0 bridgehead atoms. The second-order valence-electron chi connectivity index (χ2n) is 9.05. The maximum atomic E-state index is 13.5. The van der Waals surface area contributed by atoms with Gasteiger partial charge in [-0.3, -0.25) is 9.59 Å². The van der Waals surface area contributed by atoms with Crippen LogP contribution in [0.1, 0.15) is 63.3 Å². The van der Waals surface area contributed by atoms with Crippen molar-refractivity contribution in [3.8, 4) is 0 Å². The average Bonchev–Trinajstić information content (AvgIpc) is 2.72. The molecular formula is C25H39N3O4S. The predicted molar refractivity (Wildman–Crippen MR) is 135 cm³/mol. The Morgan fingerprint density at radius 1 is 1.21 bits per heavy atom. The van der Waals surface area contributed by atoms with Crippen LogP contribution in [0.15, 0.2) is 30.9 Å². The number of thiol groups is 1. The van der Waals surface area contributed by atoms with E-state index in [1.54, 1.807) is 26.8 Å². The van der Waals surface area contributed by atoms with E-state index in [2.05, 4.69) is 29.8 Å². The van der Waals surface area contributed by atoms with Crippen LogP contribution in [-0.2, 0) is 14.3 Å². The first kappa shape index (κ1) is 28.6. The summed E-state index contributed by atoms with van der Waals surface area (Å²) in [5, 5.41) is 5.53. The third kappa shape index (κ3) is 9.12. The molecule has 0 aliphatic rings. The first-order chi connectivity index (χ1) is 15.4. The predicted octanol–water partition coefficient (Wildman–Crippen LogP) is 4.10. The van der Waals surface area contributed by atoms with Gasteiger partial charge in [0.15, 0.2) is 0 Å². The molecule has 0 spiro atoms. The Balaban J connectivity index is 3.33. The second-order valence-corrected chi connectivity index (χ2v) is 9.42. The molecule has 0 heterocycles. The van der Waals surface area contributed by atoms with Crippen LogP contribution >= 0.6 is 12.6 Å². The van der Waals surface area contributed by atoms with Crippen molar-refractivity contribution in [1.29, 1.82) is 0 Å². The van der Waals surface area contributed by atoms with Crippen LogP contribution in [0, 0.1) is 13.8 Å². The number of hydrogen-bond donors (Lipinski definition) is 3. The van der Waals surface area contributed by atoms with Gasteiger partial charge in [-0.05, 0) is 57.7 Å². The molecule has 1 rings (SSSR count). The number of aryl methyl sites for hydroxylation is 2. The van der Waals surface area contributed by atoms with Crippen molar-refractivity contribution in [3.05, 3.63) is 47.5 Å². The molecule has 0 aliphatic heterocycles. The first-order valence-electron chi connectivity index (χ1n) is 11.3. The lowest BCUT2D eigenvalue weighted by Crippen LogP contribution is -2.53. The van der Waals surface area contributed by atoms with Gasteiger partial charge in [-0.1, -0.05) is 37.6 Å². The molecule has 0 aliphatic carbocycles. The van der Waals surface area contributed by atoms with Gasteiger partial charge in [-0.15, -0.1) is 6.58 Å². The Bertz CT molecular complexity index is 835. The normalized spacial score (nSPS) is 12.9. The molecule has 3 amide bonds. The molecule has 33 heavy (non-hydrogen) atoms.